The Bertz CT molecular complexity index is 917. The van der Waals surface area contributed by atoms with Crippen LogP contribution in [0.25, 0.3) is 6.08 Å². The van der Waals surface area contributed by atoms with Crippen molar-refractivity contribution in [2.75, 3.05) is 6.79 Å². The van der Waals surface area contributed by atoms with E-state index < -0.39 is 5.97 Å². The van der Waals surface area contributed by atoms with Crippen LogP contribution >= 0.6 is 11.6 Å². The highest BCUT2D eigenvalue weighted by atomic mass is 35.5. The number of carbonyl (C=O) groups is 1. The SMILES string of the molecule is Cc1cccc(C2=N/C(=C\c3cc4c(cc3Cl)OCO4)C(=O)O2)c1. The molecule has 0 aromatic heterocycles. The lowest BCUT2D eigenvalue weighted by atomic mass is 10.1. The average Bonchev–Trinajstić information content (AvgIpc) is 3.14. The van der Waals surface area contributed by atoms with Crippen molar-refractivity contribution in [3.05, 3.63) is 63.8 Å². The number of ether oxygens (including phenoxy) is 3. The van der Waals surface area contributed by atoms with E-state index >= 15 is 0 Å². The van der Waals surface area contributed by atoms with Gasteiger partial charge in [0.2, 0.25) is 12.7 Å². The number of aryl methyl sites for hydroxylation is 1. The molecule has 5 nitrogen and oxygen atoms in total. The van der Waals surface area contributed by atoms with Gasteiger partial charge in [0.25, 0.3) is 0 Å². The van der Waals surface area contributed by atoms with Crippen LogP contribution in [0.1, 0.15) is 16.7 Å². The maximum absolute atomic E-state index is 12.1. The molecule has 24 heavy (non-hydrogen) atoms. The van der Waals surface area contributed by atoms with E-state index in [1.54, 1.807) is 18.2 Å². The van der Waals surface area contributed by atoms with Crippen molar-refractivity contribution in [2.24, 2.45) is 4.99 Å². The molecule has 4 rings (SSSR count). The largest absolute Gasteiger partial charge is 0.454 e. The number of hydrogen-bond donors (Lipinski definition) is 0. The Hall–Kier alpha value is -2.79. The van der Waals surface area contributed by atoms with Gasteiger partial charge in [0.15, 0.2) is 17.2 Å². The molecule has 0 amide bonds. The number of nitrogens with zero attached hydrogens (tertiary/aromatic N) is 1. The molecule has 0 bridgehead atoms. The van der Waals surface area contributed by atoms with Gasteiger partial charge >= 0.3 is 5.97 Å². The molecule has 0 aliphatic carbocycles. The van der Waals surface area contributed by atoms with Crippen molar-refractivity contribution >= 4 is 29.5 Å². The van der Waals surface area contributed by atoms with E-state index in [0.717, 1.165) is 11.1 Å². The molecule has 0 spiro atoms. The van der Waals surface area contributed by atoms with Gasteiger partial charge in [0.05, 0.1) is 5.02 Å². The summed E-state index contributed by atoms with van der Waals surface area (Å²) in [6.45, 7) is 2.12. The standard InChI is InChI=1S/C18H12ClNO4/c1-10-3-2-4-11(5-10)17-20-14(18(21)24-17)6-12-7-15-16(8-13(12)19)23-9-22-15/h2-8H,9H2,1H3/b14-6-. The minimum absolute atomic E-state index is 0.156. The third-order valence-electron chi connectivity index (χ3n) is 3.67. The summed E-state index contributed by atoms with van der Waals surface area (Å²) >= 11 is 6.23. The molecule has 0 saturated carbocycles. The quantitative estimate of drug-likeness (QED) is 0.617. The number of fused-ring (bicyclic) bond motifs is 1. The second-order valence-electron chi connectivity index (χ2n) is 5.43. The zero-order chi connectivity index (χ0) is 16.7. The van der Waals surface area contributed by atoms with Crippen LogP contribution in [0.2, 0.25) is 5.02 Å². The topological polar surface area (TPSA) is 57.1 Å². The van der Waals surface area contributed by atoms with Crippen LogP contribution in [-0.2, 0) is 9.53 Å². The molecule has 120 valence electrons. The van der Waals surface area contributed by atoms with E-state index in [0.29, 0.717) is 22.1 Å². The fraction of sp³-hybridized carbons (Fsp3) is 0.111. The van der Waals surface area contributed by atoms with Gasteiger partial charge in [0, 0.05) is 11.6 Å². The summed E-state index contributed by atoms with van der Waals surface area (Å²) in [7, 11) is 0. The summed E-state index contributed by atoms with van der Waals surface area (Å²) in [5.41, 5.74) is 2.61. The van der Waals surface area contributed by atoms with Crippen molar-refractivity contribution in [3.8, 4) is 11.5 Å². The highest BCUT2D eigenvalue weighted by molar-refractivity contribution is 6.32. The summed E-state index contributed by atoms with van der Waals surface area (Å²) in [4.78, 5) is 16.4. The molecule has 0 radical (unpaired) electrons. The number of benzene rings is 2. The Morgan fingerprint density at radius 3 is 2.75 bits per heavy atom. The van der Waals surface area contributed by atoms with Crippen LogP contribution in [0.4, 0.5) is 0 Å². The predicted molar refractivity (Wildman–Crippen MR) is 89.4 cm³/mol. The zero-order valence-corrected chi connectivity index (χ0v) is 13.5. The molecule has 2 heterocycles. The van der Waals surface area contributed by atoms with Crippen molar-refractivity contribution in [1.82, 2.24) is 0 Å². The zero-order valence-electron chi connectivity index (χ0n) is 12.7. The molecular formula is C18H12ClNO4. The number of halogens is 1. The molecule has 2 aliphatic rings. The van der Waals surface area contributed by atoms with Crippen LogP contribution < -0.4 is 9.47 Å². The first kappa shape index (κ1) is 14.8. The van der Waals surface area contributed by atoms with Crippen LogP contribution in [0.5, 0.6) is 11.5 Å². The van der Waals surface area contributed by atoms with E-state index in [1.807, 2.05) is 31.2 Å². The highest BCUT2D eigenvalue weighted by Gasteiger charge is 2.25. The lowest BCUT2D eigenvalue weighted by Crippen LogP contribution is -2.05. The van der Waals surface area contributed by atoms with Gasteiger partial charge in [-0.1, -0.05) is 29.3 Å². The molecule has 2 aromatic carbocycles. The Labute approximate surface area is 143 Å². The van der Waals surface area contributed by atoms with Crippen molar-refractivity contribution < 1.29 is 19.0 Å². The van der Waals surface area contributed by atoms with E-state index in [1.165, 1.54) is 0 Å². The van der Waals surface area contributed by atoms with Crippen molar-refractivity contribution in [2.45, 2.75) is 6.92 Å². The van der Waals surface area contributed by atoms with Crippen LogP contribution in [-0.4, -0.2) is 18.7 Å². The lowest BCUT2D eigenvalue weighted by molar-refractivity contribution is -0.129. The Balaban J connectivity index is 1.71. The number of hydrogen-bond acceptors (Lipinski definition) is 5. The van der Waals surface area contributed by atoms with Crippen LogP contribution in [0.15, 0.2) is 47.1 Å². The fourth-order valence-electron chi connectivity index (χ4n) is 2.50. The first-order valence-corrected chi connectivity index (χ1v) is 7.67. The first-order chi connectivity index (χ1) is 11.6. The molecule has 0 N–H and O–H groups in total. The van der Waals surface area contributed by atoms with E-state index in [4.69, 9.17) is 25.8 Å². The van der Waals surface area contributed by atoms with Gasteiger partial charge in [-0.3, -0.25) is 0 Å². The van der Waals surface area contributed by atoms with Gasteiger partial charge in [-0.15, -0.1) is 0 Å². The van der Waals surface area contributed by atoms with Crippen molar-refractivity contribution in [3.63, 3.8) is 0 Å². The summed E-state index contributed by atoms with van der Waals surface area (Å²) < 4.78 is 15.9. The second kappa shape index (κ2) is 5.69. The number of esters is 1. The molecule has 2 aliphatic heterocycles. The van der Waals surface area contributed by atoms with E-state index in [9.17, 15) is 4.79 Å². The minimum atomic E-state index is -0.514. The van der Waals surface area contributed by atoms with Gasteiger partial charge in [-0.05, 0) is 36.8 Å². The third kappa shape index (κ3) is 2.63. The number of cyclic esters (lactones) is 1. The molecular weight excluding hydrogens is 330 g/mol. The molecule has 0 atom stereocenters. The summed E-state index contributed by atoms with van der Waals surface area (Å²) in [6.07, 6.45) is 1.58. The normalized spacial score (nSPS) is 17.2. The maximum atomic E-state index is 12.1. The summed E-state index contributed by atoms with van der Waals surface area (Å²) in [5.74, 6) is 0.938. The van der Waals surface area contributed by atoms with Crippen LogP contribution in [0.3, 0.4) is 0 Å². The highest BCUT2D eigenvalue weighted by Crippen LogP contribution is 2.37. The number of aliphatic imine (C=N–C) groups is 1. The van der Waals surface area contributed by atoms with Gasteiger partial charge in [-0.25, -0.2) is 9.79 Å². The minimum Gasteiger partial charge on any atom is -0.454 e. The first-order valence-electron chi connectivity index (χ1n) is 7.29. The van der Waals surface area contributed by atoms with Crippen molar-refractivity contribution in [1.29, 1.82) is 0 Å². The molecule has 0 unspecified atom stereocenters. The third-order valence-corrected chi connectivity index (χ3v) is 4.00. The average molecular weight is 342 g/mol. The predicted octanol–water partition coefficient (Wildman–Crippen LogP) is 3.72. The molecule has 6 heteroatoms. The molecule has 0 fully saturated rings. The second-order valence-corrected chi connectivity index (χ2v) is 5.84. The monoisotopic (exact) mass is 341 g/mol. The maximum Gasteiger partial charge on any atom is 0.363 e. The molecule has 2 aromatic rings. The van der Waals surface area contributed by atoms with E-state index in [2.05, 4.69) is 4.99 Å². The lowest BCUT2D eigenvalue weighted by Gasteiger charge is -2.01. The summed E-state index contributed by atoms with van der Waals surface area (Å²) in [6, 6.07) is 11.0. The molecule has 0 saturated heterocycles. The number of carbonyl (C=O) groups excluding carboxylic acids is 1. The van der Waals surface area contributed by atoms with Gasteiger partial charge in [-0.2, -0.15) is 0 Å². The fourth-order valence-corrected chi connectivity index (χ4v) is 2.71. The summed E-state index contributed by atoms with van der Waals surface area (Å²) in [5, 5.41) is 0.443. The van der Waals surface area contributed by atoms with Gasteiger partial charge in [0.1, 0.15) is 0 Å². The smallest absolute Gasteiger partial charge is 0.363 e. The Kier molecular flexibility index (Phi) is 3.50. The van der Waals surface area contributed by atoms with Gasteiger partial charge < -0.3 is 14.2 Å². The Morgan fingerprint density at radius 1 is 1.17 bits per heavy atom. The number of rotatable bonds is 2. The van der Waals surface area contributed by atoms with Crippen LogP contribution in [0, 0.1) is 6.92 Å². The Morgan fingerprint density at radius 2 is 1.96 bits per heavy atom. The van der Waals surface area contributed by atoms with E-state index in [-0.39, 0.29) is 18.4 Å².